The lowest BCUT2D eigenvalue weighted by molar-refractivity contribution is -0.136. The second kappa shape index (κ2) is 6.81. The minimum atomic E-state index is -0.800. The van der Waals surface area contributed by atoms with Crippen LogP contribution < -0.4 is 10.7 Å². The highest BCUT2D eigenvalue weighted by Crippen LogP contribution is 2.09. The van der Waals surface area contributed by atoms with Gasteiger partial charge < -0.3 is 5.32 Å². The van der Waals surface area contributed by atoms with Gasteiger partial charge in [-0.05, 0) is 37.4 Å². The lowest BCUT2D eigenvalue weighted by Crippen LogP contribution is -2.32. The molecule has 0 aliphatic carbocycles. The Morgan fingerprint density at radius 2 is 1.81 bits per heavy atom. The molecule has 0 saturated heterocycles. The van der Waals surface area contributed by atoms with E-state index in [9.17, 15) is 9.59 Å². The van der Waals surface area contributed by atoms with Crippen molar-refractivity contribution in [1.29, 1.82) is 0 Å². The Bertz CT molecular complexity index is 661. The minimum absolute atomic E-state index is 0.569. The average molecular weight is 301 g/mol. The van der Waals surface area contributed by atoms with Gasteiger partial charge in [-0.3, -0.25) is 9.59 Å². The number of anilines is 1. The number of aryl methyl sites for hydroxylation is 1. The lowest BCUT2D eigenvalue weighted by atomic mass is 10.2. The van der Waals surface area contributed by atoms with Gasteiger partial charge in [0.2, 0.25) is 0 Å². The van der Waals surface area contributed by atoms with E-state index in [4.69, 9.17) is 0 Å². The molecule has 6 heteroatoms. The molecule has 1 heterocycles. The molecule has 1 aromatic carbocycles. The van der Waals surface area contributed by atoms with Crippen molar-refractivity contribution >= 4 is 34.6 Å². The highest BCUT2D eigenvalue weighted by Gasteiger charge is 2.13. The molecule has 21 heavy (non-hydrogen) atoms. The van der Waals surface area contributed by atoms with Crippen molar-refractivity contribution in [2.75, 3.05) is 5.32 Å². The summed E-state index contributed by atoms with van der Waals surface area (Å²) in [5.41, 5.74) is 4.55. The van der Waals surface area contributed by atoms with Crippen LogP contribution in [-0.4, -0.2) is 17.5 Å². The molecule has 2 amide bonds. The van der Waals surface area contributed by atoms with E-state index in [2.05, 4.69) is 15.8 Å². The van der Waals surface area contributed by atoms with Crippen molar-refractivity contribution in [3.05, 3.63) is 52.2 Å². The van der Waals surface area contributed by atoms with Crippen LogP contribution in [0, 0.1) is 6.92 Å². The van der Waals surface area contributed by atoms with Gasteiger partial charge >= 0.3 is 11.8 Å². The van der Waals surface area contributed by atoms with Gasteiger partial charge in [0, 0.05) is 10.6 Å². The summed E-state index contributed by atoms with van der Waals surface area (Å²) in [5, 5.41) is 8.34. The Morgan fingerprint density at radius 1 is 1.10 bits per heavy atom. The Labute approximate surface area is 126 Å². The highest BCUT2D eigenvalue weighted by atomic mass is 32.1. The fourth-order valence-electron chi connectivity index (χ4n) is 1.55. The number of hydrogen-bond donors (Lipinski definition) is 2. The molecule has 2 aromatic rings. The van der Waals surface area contributed by atoms with Gasteiger partial charge in [0.15, 0.2) is 0 Å². The number of carbonyl (C=O) groups excluding carboxylic acids is 2. The molecular weight excluding hydrogens is 286 g/mol. The van der Waals surface area contributed by atoms with Crippen LogP contribution in [0.2, 0.25) is 0 Å². The number of thiophene rings is 1. The predicted molar refractivity (Wildman–Crippen MR) is 84.5 cm³/mol. The van der Waals surface area contributed by atoms with Crippen LogP contribution in [0.5, 0.6) is 0 Å². The molecular formula is C15H15N3O2S. The first-order valence-electron chi connectivity index (χ1n) is 6.32. The van der Waals surface area contributed by atoms with Crippen LogP contribution in [0.1, 0.15) is 17.4 Å². The largest absolute Gasteiger partial charge is 0.329 e. The first kappa shape index (κ1) is 14.9. The number of benzene rings is 1. The third-order valence-corrected chi connectivity index (χ3v) is 3.70. The van der Waals surface area contributed by atoms with Gasteiger partial charge in [-0.2, -0.15) is 5.10 Å². The summed E-state index contributed by atoms with van der Waals surface area (Å²) in [6.45, 7) is 3.71. The number of nitrogens with one attached hydrogen (secondary N) is 2. The molecule has 0 saturated carbocycles. The predicted octanol–water partition coefficient (Wildman–Crippen LogP) is 2.54. The maximum Gasteiger partial charge on any atom is 0.329 e. The van der Waals surface area contributed by atoms with Crippen LogP contribution in [0.25, 0.3) is 0 Å². The summed E-state index contributed by atoms with van der Waals surface area (Å²) < 4.78 is 0. The van der Waals surface area contributed by atoms with E-state index < -0.39 is 11.8 Å². The molecule has 0 aliphatic heterocycles. The van der Waals surface area contributed by atoms with Gasteiger partial charge in [-0.15, -0.1) is 11.3 Å². The van der Waals surface area contributed by atoms with E-state index in [0.717, 1.165) is 10.4 Å². The van der Waals surface area contributed by atoms with Crippen LogP contribution in [0.15, 0.2) is 46.9 Å². The van der Waals surface area contributed by atoms with Gasteiger partial charge in [0.1, 0.15) is 0 Å². The first-order valence-corrected chi connectivity index (χ1v) is 7.20. The summed E-state index contributed by atoms with van der Waals surface area (Å²) in [6, 6.07) is 11.0. The molecule has 0 unspecified atom stereocenters. The third kappa shape index (κ3) is 4.25. The Morgan fingerprint density at radius 3 is 2.43 bits per heavy atom. The van der Waals surface area contributed by atoms with Crippen LogP contribution in [0.4, 0.5) is 5.69 Å². The summed E-state index contributed by atoms with van der Waals surface area (Å²) in [5.74, 6) is -1.55. The molecule has 1 aromatic heterocycles. The number of amides is 2. The molecule has 0 bridgehead atoms. The quantitative estimate of drug-likeness (QED) is 0.519. The zero-order chi connectivity index (χ0) is 15.2. The van der Waals surface area contributed by atoms with Crippen molar-refractivity contribution in [3.8, 4) is 0 Å². The van der Waals surface area contributed by atoms with Crippen molar-refractivity contribution in [3.63, 3.8) is 0 Å². The number of carbonyl (C=O) groups is 2. The topological polar surface area (TPSA) is 70.6 Å². The maximum atomic E-state index is 11.7. The molecule has 0 atom stereocenters. The number of hydrogen-bond acceptors (Lipinski definition) is 4. The fraction of sp³-hybridized carbons (Fsp3) is 0.133. The molecule has 2 N–H and O–H groups in total. The number of nitrogens with zero attached hydrogens (tertiary/aromatic N) is 1. The van der Waals surface area contributed by atoms with E-state index in [1.807, 2.05) is 36.6 Å². The summed E-state index contributed by atoms with van der Waals surface area (Å²) >= 11 is 1.51. The summed E-state index contributed by atoms with van der Waals surface area (Å²) in [6.07, 6.45) is 0. The molecule has 0 fully saturated rings. The second-order valence-electron chi connectivity index (χ2n) is 4.44. The second-order valence-corrected chi connectivity index (χ2v) is 5.38. The molecule has 2 rings (SSSR count). The molecule has 0 radical (unpaired) electrons. The van der Waals surface area contributed by atoms with Crippen LogP contribution >= 0.6 is 11.3 Å². The monoisotopic (exact) mass is 301 g/mol. The van der Waals surface area contributed by atoms with Gasteiger partial charge in [0.05, 0.1) is 5.71 Å². The van der Waals surface area contributed by atoms with E-state index in [1.165, 1.54) is 11.3 Å². The van der Waals surface area contributed by atoms with Gasteiger partial charge in [0.25, 0.3) is 0 Å². The van der Waals surface area contributed by atoms with Gasteiger partial charge in [-0.25, -0.2) is 5.43 Å². The Kier molecular flexibility index (Phi) is 4.84. The first-order chi connectivity index (χ1) is 10.1. The molecule has 0 aliphatic rings. The van der Waals surface area contributed by atoms with Crippen molar-refractivity contribution in [1.82, 2.24) is 5.43 Å². The van der Waals surface area contributed by atoms with Crippen LogP contribution in [-0.2, 0) is 9.59 Å². The molecule has 108 valence electrons. The minimum Gasteiger partial charge on any atom is -0.318 e. The molecule has 0 spiro atoms. The van der Waals surface area contributed by atoms with Crippen molar-refractivity contribution < 1.29 is 9.59 Å². The van der Waals surface area contributed by atoms with Crippen molar-refractivity contribution in [2.45, 2.75) is 13.8 Å². The number of rotatable bonds is 3. The summed E-state index contributed by atoms with van der Waals surface area (Å²) in [7, 11) is 0. The molecule has 5 nitrogen and oxygen atoms in total. The van der Waals surface area contributed by atoms with E-state index in [1.54, 1.807) is 19.1 Å². The van der Waals surface area contributed by atoms with E-state index in [-0.39, 0.29) is 0 Å². The third-order valence-electron chi connectivity index (χ3n) is 2.72. The fourth-order valence-corrected chi connectivity index (χ4v) is 2.23. The lowest BCUT2D eigenvalue weighted by Gasteiger charge is -2.04. The number of hydrazone groups is 1. The van der Waals surface area contributed by atoms with E-state index >= 15 is 0 Å². The van der Waals surface area contributed by atoms with Crippen LogP contribution in [0.3, 0.4) is 0 Å². The van der Waals surface area contributed by atoms with Crippen molar-refractivity contribution in [2.24, 2.45) is 5.10 Å². The normalized spacial score (nSPS) is 11.0. The van der Waals surface area contributed by atoms with E-state index in [0.29, 0.717) is 11.4 Å². The average Bonchev–Trinajstić information content (AvgIpc) is 3.01. The Balaban J connectivity index is 1.92. The zero-order valence-electron chi connectivity index (χ0n) is 11.7. The maximum absolute atomic E-state index is 11.7. The highest BCUT2D eigenvalue weighted by molar-refractivity contribution is 7.12. The summed E-state index contributed by atoms with van der Waals surface area (Å²) in [4.78, 5) is 24.3. The Hall–Kier alpha value is -2.47. The standard InChI is InChI=1S/C15H15N3O2S/c1-10-5-7-12(8-6-10)16-14(19)15(20)18-17-11(2)13-4-3-9-21-13/h3-9H,1-2H3,(H,16,19)(H,18,20)/b17-11+. The van der Waals surface area contributed by atoms with Gasteiger partial charge in [-0.1, -0.05) is 23.8 Å². The SMILES string of the molecule is C/C(=N\NC(=O)C(=O)Nc1ccc(C)cc1)c1cccs1. The smallest absolute Gasteiger partial charge is 0.318 e. The zero-order valence-corrected chi connectivity index (χ0v) is 12.5.